The Morgan fingerprint density at radius 2 is 1.96 bits per heavy atom. The number of ether oxygens (including phenoxy) is 2. The van der Waals surface area contributed by atoms with Crippen molar-refractivity contribution in [2.45, 2.75) is 26.4 Å². The summed E-state index contributed by atoms with van der Waals surface area (Å²) in [6.45, 7) is 5.32. The lowest BCUT2D eigenvalue weighted by Crippen LogP contribution is -2.39. The minimum absolute atomic E-state index is 0.273. The van der Waals surface area contributed by atoms with Crippen molar-refractivity contribution in [1.82, 2.24) is 4.98 Å². The predicted molar refractivity (Wildman–Crippen MR) is 95.5 cm³/mol. The van der Waals surface area contributed by atoms with Gasteiger partial charge in [-0.2, -0.15) is 5.26 Å². The number of esters is 1. The zero-order chi connectivity index (χ0) is 18.7. The van der Waals surface area contributed by atoms with Crippen LogP contribution in [0.4, 0.5) is 0 Å². The van der Waals surface area contributed by atoms with Crippen LogP contribution in [0.1, 0.15) is 26.3 Å². The largest absolute Gasteiger partial charge is 0.475 e. The molecule has 0 fully saturated rings. The molecule has 0 bridgehead atoms. The van der Waals surface area contributed by atoms with Crippen molar-refractivity contribution < 1.29 is 18.7 Å². The Balaban J connectivity index is 2.11. The number of hydrogen-bond acceptors (Lipinski definition) is 6. The van der Waals surface area contributed by atoms with Gasteiger partial charge in [-0.3, -0.25) is 0 Å². The molecule has 0 saturated heterocycles. The number of rotatable bonds is 5. The number of fused-ring (bicyclic) bond motifs is 1. The highest BCUT2D eigenvalue weighted by atomic mass is 16.6. The second-order valence-electron chi connectivity index (χ2n) is 6.16. The number of carbonyl (C=O) groups excluding carboxylic acids is 1. The van der Waals surface area contributed by atoms with E-state index in [9.17, 15) is 4.79 Å². The summed E-state index contributed by atoms with van der Waals surface area (Å²) >= 11 is 0. The molecule has 0 atom stereocenters. The van der Waals surface area contributed by atoms with Gasteiger partial charge in [0, 0.05) is 0 Å². The Bertz CT molecular complexity index is 981. The van der Waals surface area contributed by atoms with Crippen molar-refractivity contribution in [3.63, 3.8) is 0 Å². The molecule has 0 N–H and O–H groups in total. The molecule has 6 nitrogen and oxygen atoms in total. The summed E-state index contributed by atoms with van der Waals surface area (Å²) < 4.78 is 16.7. The molecule has 132 valence electrons. The van der Waals surface area contributed by atoms with E-state index in [1.807, 2.05) is 0 Å². The second-order valence-corrected chi connectivity index (χ2v) is 6.16. The maximum Gasteiger partial charge on any atom is 0.349 e. The van der Waals surface area contributed by atoms with Crippen LogP contribution in [-0.4, -0.2) is 23.2 Å². The van der Waals surface area contributed by atoms with Crippen LogP contribution in [-0.2, 0) is 9.53 Å². The highest BCUT2D eigenvalue weighted by Crippen LogP contribution is 2.38. The first-order chi connectivity index (χ1) is 12.5. The second kappa shape index (κ2) is 6.89. The smallest absolute Gasteiger partial charge is 0.349 e. The summed E-state index contributed by atoms with van der Waals surface area (Å²) in [5.74, 6) is 0.0143. The van der Waals surface area contributed by atoms with Gasteiger partial charge in [0.25, 0.3) is 0 Å². The maximum atomic E-state index is 12.2. The van der Waals surface area contributed by atoms with Crippen molar-refractivity contribution in [2.24, 2.45) is 0 Å². The van der Waals surface area contributed by atoms with Gasteiger partial charge in [0.1, 0.15) is 11.3 Å². The summed E-state index contributed by atoms with van der Waals surface area (Å²) in [4.78, 5) is 16.4. The predicted octanol–water partition coefficient (Wildman–Crippen LogP) is 4.09. The van der Waals surface area contributed by atoms with Crippen LogP contribution in [0, 0.1) is 11.3 Å². The fourth-order valence-electron chi connectivity index (χ4n) is 2.60. The third-order valence-corrected chi connectivity index (χ3v) is 3.90. The summed E-state index contributed by atoms with van der Waals surface area (Å²) in [5.41, 5.74) is 2.05. The van der Waals surface area contributed by atoms with E-state index in [-0.39, 0.29) is 6.61 Å². The fraction of sp³-hybridized carbons (Fsp3) is 0.250. The number of benzene rings is 2. The van der Waals surface area contributed by atoms with Gasteiger partial charge in [0.05, 0.1) is 23.8 Å². The van der Waals surface area contributed by atoms with Gasteiger partial charge in [0.2, 0.25) is 0 Å². The van der Waals surface area contributed by atoms with Crippen molar-refractivity contribution in [3.05, 3.63) is 48.4 Å². The Hall–Kier alpha value is -3.33. The SMILES string of the molecule is CCOC(=O)C(C)(C)Oc1ccc2ncoc2c1-c1ccc(C#N)cc1. The number of hydrogen-bond donors (Lipinski definition) is 0. The average Bonchev–Trinajstić information content (AvgIpc) is 3.10. The van der Waals surface area contributed by atoms with Crippen LogP contribution < -0.4 is 4.74 Å². The monoisotopic (exact) mass is 350 g/mol. The molecule has 0 aliphatic rings. The van der Waals surface area contributed by atoms with E-state index < -0.39 is 11.6 Å². The molecular weight excluding hydrogens is 332 g/mol. The van der Waals surface area contributed by atoms with Gasteiger partial charge >= 0.3 is 5.97 Å². The summed E-state index contributed by atoms with van der Waals surface area (Å²) in [6.07, 6.45) is 1.36. The third kappa shape index (κ3) is 3.24. The van der Waals surface area contributed by atoms with Gasteiger partial charge in [0.15, 0.2) is 17.6 Å². The lowest BCUT2D eigenvalue weighted by molar-refractivity contribution is -0.158. The quantitative estimate of drug-likeness (QED) is 0.644. The molecule has 1 heterocycles. The molecule has 1 aromatic heterocycles. The number of aromatic nitrogens is 1. The van der Waals surface area contributed by atoms with E-state index in [0.717, 1.165) is 5.56 Å². The Morgan fingerprint density at radius 3 is 2.62 bits per heavy atom. The molecule has 6 heteroatoms. The molecule has 3 rings (SSSR count). The highest BCUT2D eigenvalue weighted by Gasteiger charge is 2.33. The maximum absolute atomic E-state index is 12.2. The Kier molecular flexibility index (Phi) is 4.63. The van der Waals surface area contributed by atoms with Crippen LogP contribution in [0.15, 0.2) is 47.2 Å². The molecule has 0 unspecified atom stereocenters. The molecular formula is C20H18N2O4. The minimum Gasteiger partial charge on any atom is -0.475 e. The van der Waals surface area contributed by atoms with Crippen LogP contribution >= 0.6 is 0 Å². The Labute approximate surface area is 151 Å². The van der Waals surface area contributed by atoms with E-state index >= 15 is 0 Å². The van der Waals surface area contributed by atoms with E-state index in [0.29, 0.717) is 28.0 Å². The number of nitriles is 1. The molecule has 0 aliphatic heterocycles. The fourth-order valence-corrected chi connectivity index (χ4v) is 2.60. The summed E-state index contributed by atoms with van der Waals surface area (Å²) in [7, 11) is 0. The lowest BCUT2D eigenvalue weighted by atomic mass is 10.0. The van der Waals surface area contributed by atoms with E-state index in [1.54, 1.807) is 57.2 Å². The summed E-state index contributed by atoms with van der Waals surface area (Å²) in [5, 5.41) is 9.00. The van der Waals surface area contributed by atoms with Gasteiger partial charge in [-0.1, -0.05) is 12.1 Å². The molecule has 3 aromatic rings. The molecule has 0 radical (unpaired) electrons. The third-order valence-electron chi connectivity index (χ3n) is 3.90. The first-order valence-electron chi connectivity index (χ1n) is 8.19. The van der Waals surface area contributed by atoms with E-state index in [2.05, 4.69) is 11.1 Å². The van der Waals surface area contributed by atoms with Crippen LogP contribution in [0.3, 0.4) is 0 Å². The molecule has 26 heavy (non-hydrogen) atoms. The van der Waals surface area contributed by atoms with Crippen LogP contribution in [0.2, 0.25) is 0 Å². The number of oxazole rings is 1. The number of carbonyl (C=O) groups is 1. The molecule has 0 spiro atoms. The highest BCUT2D eigenvalue weighted by molar-refractivity contribution is 5.94. The van der Waals surface area contributed by atoms with Crippen molar-refractivity contribution >= 4 is 17.1 Å². The van der Waals surface area contributed by atoms with Gasteiger partial charge < -0.3 is 13.9 Å². The normalized spacial score (nSPS) is 11.2. The van der Waals surface area contributed by atoms with Gasteiger partial charge in [-0.05, 0) is 50.6 Å². The average molecular weight is 350 g/mol. The van der Waals surface area contributed by atoms with Gasteiger partial charge in [-0.25, -0.2) is 9.78 Å². The summed E-state index contributed by atoms with van der Waals surface area (Å²) in [6, 6.07) is 12.6. The van der Waals surface area contributed by atoms with Crippen molar-refractivity contribution in [3.8, 4) is 22.9 Å². The van der Waals surface area contributed by atoms with Crippen molar-refractivity contribution in [1.29, 1.82) is 5.26 Å². The minimum atomic E-state index is -1.18. The first-order valence-corrected chi connectivity index (χ1v) is 8.19. The standard InChI is InChI=1S/C20H18N2O4/c1-4-24-19(23)20(2,3)26-16-10-9-15-18(25-12-22-15)17(16)14-7-5-13(11-21)6-8-14/h5-10,12H,4H2,1-3H3. The molecule has 0 saturated carbocycles. The van der Waals surface area contributed by atoms with E-state index in [4.69, 9.17) is 19.2 Å². The van der Waals surface area contributed by atoms with Gasteiger partial charge in [-0.15, -0.1) is 0 Å². The van der Waals surface area contributed by atoms with E-state index in [1.165, 1.54) is 6.39 Å². The van der Waals surface area contributed by atoms with Crippen molar-refractivity contribution in [2.75, 3.05) is 6.61 Å². The molecule has 2 aromatic carbocycles. The van der Waals surface area contributed by atoms with Crippen LogP contribution in [0.5, 0.6) is 5.75 Å². The Morgan fingerprint density at radius 1 is 1.23 bits per heavy atom. The lowest BCUT2D eigenvalue weighted by Gasteiger charge is -2.25. The zero-order valence-electron chi connectivity index (χ0n) is 14.8. The molecule has 0 amide bonds. The zero-order valence-corrected chi connectivity index (χ0v) is 14.8. The number of nitrogens with zero attached hydrogens (tertiary/aromatic N) is 2. The topological polar surface area (TPSA) is 85.3 Å². The first kappa shape index (κ1) is 17.5. The molecule has 0 aliphatic carbocycles. The van der Waals surface area contributed by atoms with Crippen LogP contribution in [0.25, 0.3) is 22.2 Å².